The summed E-state index contributed by atoms with van der Waals surface area (Å²) in [6.45, 7) is 1.98. The van der Waals surface area contributed by atoms with E-state index in [2.05, 4.69) is 5.32 Å². The summed E-state index contributed by atoms with van der Waals surface area (Å²) in [6, 6.07) is 11.9. The van der Waals surface area contributed by atoms with E-state index >= 15 is 0 Å². The topological polar surface area (TPSA) is 65.7 Å². The van der Waals surface area contributed by atoms with Crippen LogP contribution in [-0.2, 0) is 13.0 Å². The van der Waals surface area contributed by atoms with Crippen molar-refractivity contribution in [2.75, 3.05) is 26.2 Å². The van der Waals surface area contributed by atoms with E-state index in [9.17, 15) is 0 Å². The molecule has 0 unspecified atom stereocenters. The van der Waals surface area contributed by atoms with Crippen molar-refractivity contribution >= 4 is 5.69 Å². The quantitative estimate of drug-likeness (QED) is 0.633. The smallest absolute Gasteiger partial charge is 0.231 e. The highest BCUT2D eigenvalue weighted by molar-refractivity contribution is 5.54. The minimum Gasteiger partial charge on any atom is -0.495 e. The number of nitrogen functional groups attached to an aromatic ring is 1. The number of hydrogen-bond acceptors (Lipinski definition) is 5. The summed E-state index contributed by atoms with van der Waals surface area (Å²) >= 11 is 0. The third-order valence-electron chi connectivity index (χ3n) is 3.65. The summed E-state index contributed by atoms with van der Waals surface area (Å²) in [6.07, 6.45) is 0.915. The van der Waals surface area contributed by atoms with Crippen LogP contribution in [0.15, 0.2) is 36.4 Å². The molecule has 116 valence electrons. The summed E-state index contributed by atoms with van der Waals surface area (Å²) in [5, 5.41) is 3.42. The first-order chi connectivity index (χ1) is 10.8. The Hall–Kier alpha value is -2.40. The number of rotatable bonds is 6. The molecule has 2 aromatic rings. The lowest BCUT2D eigenvalue weighted by molar-refractivity contribution is 0.174. The van der Waals surface area contributed by atoms with Crippen LogP contribution < -0.4 is 25.3 Å². The van der Waals surface area contributed by atoms with E-state index in [0.717, 1.165) is 36.8 Å². The van der Waals surface area contributed by atoms with Gasteiger partial charge in [0.25, 0.3) is 0 Å². The number of benzene rings is 2. The highest BCUT2D eigenvalue weighted by atomic mass is 16.7. The van der Waals surface area contributed by atoms with Gasteiger partial charge in [0.2, 0.25) is 6.79 Å². The summed E-state index contributed by atoms with van der Waals surface area (Å²) in [4.78, 5) is 0. The second kappa shape index (κ2) is 6.58. The molecular formula is C17H20N2O3. The fraction of sp³-hybridized carbons (Fsp3) is 0.294. The van der Waals surface area contributed by atoms with Crippen LogP contribution in [0, 0.1) is 0 Å². The van der Waals surface area contributed by atoms with Crippen LogP contribution in [0.3, 0.4) is 0 Å². The van der Waals surface area contributed by atoms with Crippen molar-refractivity contribution in [3.8, 4) is 17.2 Å². The van der Waals surface area contributed by atoms with E-state index in [1.54, 1.807) is 7.11 Å². The first-order valence-corrected chi connectivity index (χ1v) is 7.28. The van der Waals surface area contributed by atoms with Crippen LogP contribution in [-0.4, -0.2) is 20.4 Å². The maximum atomic E-state index is 5.91. The predicted molar refractivity (Wildman–Crippen MR) is 85.4 cm³/mol. The van der Waals surface area contributed by atoms with Crippen molar-refractivity contribution in [1.82, 2.24) is 5.32 Å². The van der Waals surface area contributed by atoms with Crippen LogP contribution in [0.2, 0.25) is 0 Å². The maximum Gasteiger partial charge on any atom is 0.231 e. The highest BCUT2D eigenvalue weighted by Crippen LogP contribution is 2.32. The Labute approximate surface area is 130 Å². The van der Waals surface area contributed by atoms with Crippen LogP contribution >= 0.6 is 0 Å². The van der Waals surface area contributed by atoms with Gasteiger partial charge in [0.1, 0.15) is 5.75 Å². The molecule has 22 heavy (non-hydrogen) atoms. The molecule has 0 spiro atoms. The molecule has 0 bridgehead atoms. The van der Waals surface area contributed by atoms with E-state index in [1.807, 2.05) is 36.4 Å². The third-order valence-corrected chi connectivity index (χ3v) is 3.65. The summed E-state index contributed by atoms with van der Waals surface area (Å²) in [7, 11) is 1.62. The van der Waals surface area contributed by atoms with Gasteiger partial charge in [-0.15, -0.1) is 0 Å². The zero-order valence-electron chi connectivity index (χ0n) is 12.6. The largest absolute Gasteiger partial charge is 0.495 e. The summed E-state index contributed by atoms with van der Waals surface area (Å²) < 4.78 is 15.8. The molecule has 5 heteroatoms. The molecule has 0 saturated heterocycles. The van der Waals surface area contributed by atoms with Crippen molar-refractivity contribution < 1.29 is 14.2 Å². The van der Waals surface area contributed by atoms with Crippen molar-refractivity contribution in [2.45, 2.75) is 13.0 Å². The van der Waals surface area contributed by atoms with Crippen LogP contribution in [0.4, 0.5) is 5.69 Å². The maximum absolute atomic E-state index is 5.91. The average Bonchev–Trinajstić information content (AvgIpc) is 2.99. The van der Waals surface area contributed by atoms with Crippen molar-refractivity contribution in [2.24, 2.45) is 0 Å². The Kier molecular flexibility index (Phi) is 4.34. The fourth-order valence-corrected chi connectivity index (χ4v) is 2.46. The van der Waals surface area contributed by atoms with Gasteiger partial charge in [-0.1, -0.05) is 12.1 Å². The van der Waals surface area contributed by atoms with Crippen LogP contribution in [0.5, 0.6) is 17.2 Å². The first-order valence-electron chi connectivity index (χ1n) is 7.28. The number of ether oxygens (including phenoxy) is 3. The molecule has 0 radical (unpaired) electrons. The standard InChI is InChI=1S/C17H20N2O3/c1-20-15-4-2-12(8-14(15)18)6-7-19-10-13-3-5-16-17(9-13)22-11-21-16/h2-5,8-9,19H,6-7,10-11,18H2,1H3. The molecule has 1 aliphatic heterocycles. The first kappa shape index (κ1) is 14.5. The van der Waals surface area contributed by atoms with E-state index in [4.69, 9.17) is 19.9 Å². The number of hydrogen-bond donors (Lipinski definition) is 2. The molecule has 0 amide bonds. The van der Waals surface area contributed by atoms with Crippen molar-refractivity contribution in [1.29, 1.82) is 0 Å². The number of nitrogens with one attached hydrogen (secondary N) is 1. The number of anilines is 1. The van der Waals surface area contributed by atoms with E-state index < -0.39 is 0 Å². The van der Waals surface area contributed by atoms with E-state index in [-0.39, 0.29) is 0 Å². The van der Waals surface area contributed by atoms with Gasteiger partial charge in [-0.05, 0) is 48.4 Å². The average molecular weight is 300 g/mol. The Balaban J connectivity index is 1.48. The molecule has 3 rings (SSSR count). The van der Waals surface area contributed by atoms with Gasteiger partial charge in [-0.25, -0.2) is 0 Å². The number of fused-ring (bicyclic) bond motifs is 1. The van der Waals surface area contributed by atoms with Gasteiger partial charge in [0.05, 0.1) is 12.8 Å². The predicted octanol–water partition coefficient (Wildman–Crippen LogP) is 2.34. The molecule has 0 atom stereocenters. The lowest BCUT2D eigenvalue weighted by Crippen LogP contribution is -2.16. The zero-order valence-corrected chi connectivity index (χ0v) is 12.6. The van der Waals surface area contributed by atoms with Crippen molar-refractivity contribution in [3.63, 3.8) is 0 Å². The fourth-order valence-electron chi connectivity index (χ4n) is 2.46. The van der Waals surface area contributed by atoms with Gasteiger partial charge in [0.15, 0.2) is 11.5 Å². The van der Waals surface area contributed by atoms with E-state index in [0.29, 0.717) is 12.5 Å². The Morgan fingerprint density at radius 1 is 1.09 bits per heavy atom. The second-order valence-electron chi connectivity index (χ2n) is 5.19. The van der Waals surface area contributed by atoms with Crippen LogP contribution in [0.1, 0.15) is 11.1 Å². The molecule has 1 heterocycles. The molecule has 1 aliphatic rings. The third kappa shape index (κ3) is 3.26. The highest BCUT2D eigenvalue weighted by Gasteiger charge is 2.12. The van der Waals surface area contributed by atoms with Gasteiger partial charge < -0.3 is 25.3 Å². The van der Waals surface area contributed by atoms with Gasteiger partial charge >= 0.3 is 0 Å². The summed E-state index contributed by atoms with van der Waals surface area (Å²) in [5.74, 6) is 2.36. The lowest BCUT2D eigenvalue weighted by atomic mass is 10.1. The van der Waals surface area contributed by atoms with Crippen molar-refractivity contribution in [3.05, 3.63) is 47.5 Å². The summed E-state index contributed by atoms with van der Waals surface area (Å²) in [5.41, 5.74) is 8.96. The normalized spacial score (nSPS) is 12.4. The molecule has 0 aromatic heterocycles. The monoisotopic (exact) mass is 300 g/mol. The molecule has 0 saturated carbocycles. The van der Waals surface area contributed by atoms with E-state index in [1.165, 1.54) is 11.1 Å². The minimum absolute atomic E-state index is 0.311. The SMILES string of the molecule is COc1ccc(CCNCc2ccc3c(c2)OCO3)cc1N. The number of nitrogens with two attached hydrogens (primary N) is 1. The Morgan fingerprint density at radius 3 is 2.73 bits per heavy atom. The van der Waals surface area contributed by atoms with Gasteiger partial charge in [0, 0.05) is 6.54 Å². The Bertz CT molecular complexity index is 658. The minimum atomic E-state index is 0.311. The molecular weight excluding hydrogens is 280 g/mol. The second-order valence-corrected chi connectivity index (χ2v) is 5.19. The zero-order chi connectivity index (χ0) is 15.4. The lowest BCUT2D eigenvalue weighted by Gasteiger charge is -2.08. The van der Waals surface area contributed by atoms with Gasteiger partial charge in [-0.3, -0.25) is 0 Å². The molecule has 0 fully saturated rings. The number of methoxy groups -OCH3 is 1. The van der Waals surface area contributed by atoms with Crippen LogP contribution in [0.25, 0.3) is 0 Å². The Morgan fingerprint density at radius 2 is 1.91 bits per heavy atom. The molecule has 5 nitrogen and oxygen atoms in total. The molecule has 0 aliphatic carbocycles. The van der Waals surface area contributed by atoms with Gasteiger partial charge in [-0.2, -0.15) is 0 Å². The molecule has 2 aromatic carbocycles. The molecule has 3 N–H and O–H groups in total.